The summed E-state index contributed by atoms with van der Waals surface area (Å²) in [6, 6.07) is 4.51. The standard InChI is InChI=1S/C17H29N3/c1-4-14-7-9-20(10-8-14)17-12-15(13-18-6-3)11-16(5-2)19-17/h11-12,14,18H,4-10,13H2,1-3H3. The van der Waals surface area contributed by atoms with E-state index in [2.05, 4.69) is 43.1 Å². The number of rotatable bonds is 6. The smallest absolute Gasteiger partial charge is 0.129 e. The molecule has 1 aliphatic heterocycles. The molecule has 2 heterocycles. The number of aromatic nitrogens is 1. The average Bonchev–Trinajstić information content (AvgIpc) is 2.52. The SMILES string of the molecule is CCNCc1cc(CC)nc(N2CCC(CC)CC2)c1. The minimum atomic E-state index is 0.918. The van der Waals surface area contributed by atoms with Gasteiger partial charge in [-0.15, -0.1) is 0 Å². The van der Waals surface area contributed by atoms with E-state index >= 15 is 0 Å². The summed E-state index contributed by atoms with van der Waals surface area (Å²) in [5, 5.41) is 3.42. The van der Waals surface area contributed by atoms with Crippen LogP contribution in [0.5, 0.6) is 0 Å². The predicted molar refractivity (Wildman–Crippen MR) is 86.2 cm³/mol. The Hall–Kier alpha value is -1.09. The van der Waals surface area contributed by atoms with Crippen molar-refractivity contribution < 1.29 is 0 Å². The van der Waals surface area contributed by atoms with Crippen molar-refractivity contribution in [1.82, 2.24) is 10.3 Å². The number of hydrogen-bond donors (Lipinski definition) is 1. The fourth-order valence-electron chi connectivity index (χ4n) is 2.92. The summed E-state index contributed by atoms with van der Waals surface area (Å²) in [4.78, 5) is 7.31. The Bertz CT molecular complexity index is 409. The molecule has 0 atom stereocenters. The number of nitrogens with zero attached hydrogens (tertiary/aromatic N) is 2. The van der Waals surface area contributed by atoms with Gasteiger partial charge in [-0.3, -0.25) is 0 Å². The largest absolute Gasteiger partial charge is 0.357 e. The van der Waals surface area contributed by atoms with Gasteiger partial charge in [0.15, 0.2) is 0 Å². The van der Waals surface area contributed by atoms with Crippen LogP contribution in [0, 0.1) is 5.92 Å². The van der Waals surface area contributed by atoms with Crippen LogP contribution in [0.2, 0.25) is 0 Å². The molecule has 3 heteroatoms. The number of anilines is 1. The van der Waals surface area contributed by atoms with E-state index in [1.807, 2.05) is 0 Å². The number of hydrogen-bond acceptors (Lipinski definition) is 3. The van der Waals surface area contributed by atoms with E-state index in [4.69, 9.17) is 4.98 Å². The van der Waals surface area contributed by atoms with Gasteiger partial charge in [-0.2, -0.15) is 0 Å². The summed E-state index contributed by atoms with van der Waals surface area (Å²) in [7, 11) is 0. The summed E-state index contributed by atoms with van der Waals surface area (Å²) in [5.74, 6) is 2.11. The van der Waals surface area contributed by atoms with Gasteiger partial charge in [0.25, 0.3) is 0 Å². The summed E-state index contributed by atoms with van der Waals surface area (Å²) in [6.07, 6.45) is 4.97. The molecule has 1 N–H and O–H groups in total. The Labute approximate surface area is 123 Å². The first-order valence-corrected chi connectivity index (χ1v) is 8.22. The quantitative estimate of drug-likeness (QED) is 0.862. The minimum absolute atomic E-state index is 0.918. The van der Waals surface area contributed by atoms with Gasteiger partial charge in [0, 0.05) is 25.3 Å². The highest BCUT2D eigenvalue weighted by atomic mass is 15.2. The van der Waals surface area contributed by atoms with Crippen molar-refractivity contribution in [3.05, 3.63) is 23.4 Å². The molecule has 0 spiro atoms. The Morgan fingerprint density at radius 2 is 1.95 bits per heavy atom. The zero-order chi connectivity index (χ0) is 14.4. The Kier molecular flexibility index (Phi) is 5.84. The highest BCUT2D eigenvalue weighted by Crippen LogP contribution is 2.25. The number of pyridine rings is 1. The van der Waals surface area contributed by atoms with E-state index in [9.17, 15) is 0 Å². The molecule has 3 nitrogen and oxygen atoms in total. The third-order valence-electron chi connectivity index (χ3n) is 4.38. The van der Waals surface area contributed by atoms with E-state index in [0.29, 0.717) is 0 Å². The maximum Gasteiger partial charge on any atom is 0.129 e. The fraction of sp³-hybridized carbons (Fsp3) is 0.706. The second kappa shape index (κ2) is 7.63. The van der Waals surface area contributed by atoms with Crippen LogP contribution in [-0.4, -0.2) is 24.6 Å². The third-order valence-corrected chi connectivity index (χ3v) is 4.38. The monoisotopic (exact) mass is 275 g/mol. The van der Waals surface area contributed by atoms with Crippen molar-refractivity contribution in [1.29, 1.82) is 0 Å². The van der Waals surface area contributed by atoms with Crippen LogP contribution in [-0.2, 0) is 13.0 Å². The fourth-order valence-corrected chi connectivity index (χ4v) is 2.92. The molecule has 0 saturated carbocycles. The summed E-state index contributed by atoms with van der Waals surface area (Å²) < 4.78 is 0. The second-order valence-electron chi connectivity index (χ2n) is 5.80. The lowest BCUT2D eigenvalue weighted by Crippen LogP contribution is -2.34. The van der Waals surface area contributed by atoms with E-state index in [0.717, 1.165) is 25.4 Å². The molecule has 1 aromatic heterocycles. The molecular formula is C17H29N3. The van der Waals surface area contributed by atoms with Gasteiger partial charge in [0.05, 0.1) is 0 Å². The van der Waals surface area contributed by atoms with Crippen molar-refractivity contribution in [3.63, 3.8) is 0 Å². The molecule has 0 aromatic carbocycles. The predicted octanol–water partition coefficient (Wildman–Crippen LogP) is 3.38. The van der Waals surface area contributed by atoms with Crippen LogP contribution < -0.4 is 10.2 Å². The maximum absolute atomic E-state index is 4.83. The zero-order valence-corrected chi connectivity index (χ0v) is 13.3. The minimum Gasteiger partial charge on any atom is -0.357 e. The maximum atomic E-state index is 4.83. The number of piperidine rings is 1. The second-order valence-corrected chi connectivity index (χ2v) is 5.80. The Morgan fingerprint density at radius 1 is 1.20 bits per heavy atom. The molecule has 2 rings (SSSR count). The molecule has 0 unspecified atom stereocenters. The zero-order valence-electron chi connectivity index (χ0n) is 13.3. The van der Waals surface area contributed by atoms with E-state index in [1.165, 1.54) is 49.4 Å². The lowest BCUT2D eigenvalue weighted by molar-refractivity contribution is 0.393. The first-order chi connectivity index (χ1) is 9.76. The Balaban J connectivity index is 2.10. The van der Waals surface area contributed by atoms with Gasteiger partial charge < -0.3 is 10.2 Å². The van der Waals surface area contributed by atoms with Crippen molar-refractivity contribution >= 4 is 5.82 Å². The molecule has 0 radical (unpaired) electrons. The van der Waals surface area contributed by atoms with E-state index in [1.54, 1.807) is 0 Å². The molecule has 1 saturated heterocycles. The van der Waals surface area contributed by atoms with Gasteiger partial charge in [0.1, 0.15) is 5.82 Å². The summed E-state index contributed by atoms with van der Waals surface area (Å²) >= 11 is 0. The topological polar surface area (TPSA) is 28.2 Å². The molecule has 112 valence electrons. The highest BCUT2D eigenvalue weighted by Gasteiger charge is 2.19. The summed E-state index contributed by atoms with van der Waals surface area (Å²) in [5.41, 5.74) is 2.58. The molecule has 1 fully saturated rings. The van der Waals surface area contributed by atoms with Crippen molar-refractivity contribution in [2.45, 2.75) is 53.0 Å². The van der Waals surface area contributed by atoms with Crippen LogP contribution in [0.1, 0.15) is 51.3 Å². The average molecular weight is 275 g/mol. The van der Waals surface area contributed by atoms with Crippen LogP contribution in [0.4, 0.5) is 5.82 Å². The normalized spacial score (nSPS) is 16.6. The van der Waals surface area contributed by atoms with Gasteiger partial charge in [-0.25, -0.2) is 4.98 Å². The molecule has 1 aliphatic rings. The molecule has 0 aliphatic carbocycles. The van der Waals surface area contributed by atoms with Gasteiger partial charge >= 0.3 is 0 Å². The van der Waals surface area contributed by atoms with Crippen LogP contribution in [0.25, 0.3) is 0 Å². The number of nitrogens with one attached hydrogen (secondary N) is 1. The molecule has 1 aromatic rings. The molecular weight excluding hydrogens is 246 g/mol. The van der Waals surface area contributed by atoms with Gasteiger partial charge in [0.2, 0.25) is 0 Å². The molecule has 0 bridgehead atoms. The summed E-state index contributed by atoms with van der Waals surface area (Å²) in [6.45, 7) is 10.9. The third kappa shape index (κ3) is 3.95. The van der Waals surface area contributed by atoms with Crippen molar-refractivity contribution in [2.75, 3.05) is 24.5 Å². The highest BCUT2D eigenvalue weighted by molar-refractivity contribution is 5.43. The Morgan fingerprint density at radius 3 is 2.55 bits per heavy atom. The van der Waals surface area contributed by atoms with Crippen LogP contribution >= 0.6 is 0 Å². The van der Waals surface area contributed by atoms with Crippen molar-refractivity contribution in [2.24, 2.45) is 5.92 Å². The van der Waals surface area contributed by atoms with E-state index in [-0.39, 0.29) is 0 Å². The lowest BCUT2D eigenvalue weighted by Gasteiger charge is -2.32. The first kappa shape index (κ1) is 15.3. The van der Waals surface area contributed by atoms with E-state index < -0.39 is 0 Å². The van der Waals surface area contributed by atoms with Gasteiger partial charge in [-0.05, 0) is 49.4 Å². The molecule has 0 amide bonds. The van der Waals surface area contributed by atoms with Gasteiger partial charge in [-0.1, -0.05) is 27.2 Å². The number of aryl methyl sites for hydroxylation is 1. The van der Waals surface area contributed by atoms with Crippen molar-refractivity contribution in [3.8, 4) is 0 Å². The molecule has 20 heavy (non-hydrogen) atoms. The van der Waals surface area contributed by atoms with Crippen LogP contribution in [0.3, 0.4) is 0 Å². The lowest BCUT2D eigenvalue weighted by atomic mass is 9.94. The first-order valence-electron chi connectivity index (χ1n) is 8.22. The van der Waals surface area contributed by atoms with Crippen LogP contribution in [0.15, 0.2) is 12.1 Å².